The monoisotopic (exact) mass is 421 g/mol. The van der Waals surface area contributed by atoms with Crippen LogP contribution in [0.5, 0.6) is 5.75 Å². The Bertz CT molecular complexity index is 1190. The molecule has 0 atom stereocenters. The summed E-state index contributed by atoms with van der Waals surface area (Å²) in [6.45, 7) is 8.06. The fraction of sp³-hybridized carbons (Fsp3) is 0.273. The van der Waals surface area contributed by atoms with Gasteiger partial charge < -0.3 is 10.1 Å². The van der Waals surface area contributed by atoms with Crippen molar-refractivity contribution in [3.05, 3.63) is 59.4 Å². The average Bonchev–Trinajstić information content (AvgIpc) is 3.30. The SMILES string of the molecule is Cc1cc(-c2nn3c(C)nnc3s2)ccc1NC(=O)COc1ccc(C(C)C)cc1. The van der Waals surface area contributed by atoms with E-state index in [-0.39, 0.29) is 12.5 Å². The molecule has 7 nitrogen and oxygen atoms in total. The molecule has 0 spiro atoms. The van der Waals surface area contributed by atoms with E-state index in [1.54, 1.807) is 4.52 Å². The highest BCUT2D eigenvalue weighted by Crippen LogP contribution is 2.28. The topological polar surface area (TPSA) is 81.4 Å². The van der Waals surface area contributed by atoms with E-state index in [0.717, 1.165) is 32.6 Å². The van der Waals surface area contributed by atoms with Crippen LogP contribution in [-0.4, -0.2) is 32.3 Å². The summed E-state index contributed by atoms with van der Waals surface area (Å²) in [5.74, 6) is 1.70. The van der Waals surface area contributed by atoms with Crippen LogP contribution in [-0.2, 0) is 4.79 Å². The van der Waals surface area contributed by atoms with Gasteiger partial charge in [-0.3, -0.25) is 4.79 Å². The van der Waals surface area contributed by atoms with E-state index >= 15 is 0 Å². The summed E-state index contributed by atoms with van der Waals surface area (Å²) in [6.07, 6.45) is 0. The van der Waals surface area contributed by atoms with E-state index in [0.29, 0.717) is 11.7 Å². The van der Waals surface area contributed by atoms with Gasteiger partial charge in [-0.1, -0.05) is 37.3 Å². The summed E-state index contributed by atoms with van der Waals surface area (Å²) in [6, 6.07) is 13.7. The van der Waals surface area contributed by atoms with Gasteiger partial charge in [-0.2, -0.15) is 9.61 Å². The molecule has 0 aliphatic carbocycles. The number of nitrogens with zero attached hydrogens (tertiary/aromatic N) is 4. The van der Waals surface area contributed by atoms with Gasteiger partial charge in [0.05, 0.1) is 0 Å². The Hall–Kier alpha value is -3.26. The molecule has 4 aromatic rings. The first kappa shape index (κ1) is 20.0. The molecule has 30 heavy (non-hydrogen) atoms. The van der Waals surface area contributed by atoms with Gasteiger partial charge in [0.2, 0.25) is 4.96 Å². The van der Waals surface area contributed by atoms with Crippen LogP contribution in [0.15, 0.2) is 42.5 Å². The number of fused-ring (bicyclic) bond motifs is 1. The lowest BCUT2D eigenvalue weighted by molar-refractivity contribution is -0.118. The van der Waals surface area contributed by atoms with Crippen LogP contribution < -0.4 is 10.1 Å². The van der Waals surface area contributed by atoms with Gasteiger partial charge in [0.25, 0.3) is 5.91 Å². The van der Waals surface area contributed by atoms with Crippen LogP contribution in [0.25, 0.3) is 15.5 Å². The number of carbonyl (C=O) groups excluding carboxylic acids is 1. The number of aromatic nitrogens is 4. The van der Waals surface area contributed by atoms with E-state index in [1.165, 1.54) is 16.9 Å². The first-order chi connectivity index (χ1) is 14.4. The Kier molecular flexibility index (Phi) is 5.50. The summed E-state index contributed by atoms with van der Waals surface area (Å²) >= 11 is 1.48. The molecule has 2 aromatic carbocycles. The summed E-state index contributed by atoms with van der Waals surface area (Å²) < 4.78 is 7.34. The molecule has 1 amide bonds. The van der Waals surface area contributed by atoms with Crippen LogP contribution in [0.2, 0.25) is 0 Å². The third-order valence-corrected chi connectivity index (χ3v) is 5.76. The highest BCUT2D eigenvalue weighted by Gasteiger charge is 2.12. The quantitative estimate of drug-likeness (QED) is 0.492. The predicted octanol–water partition coefficient (Wildman–Crippen LogP) is 4.61. The highest BCUT2D eigenvalue weighted by atomic mass is 32.1. The van der Waals surface area contributed by atoms with Crippen molar-refractivity contribution in [1.29, 1.82) is 0 Å². The lowest BCUT2D eigenvalue weighted by Gasteiger charge is -2.11. The smallest absolute Gasteiger partial charge is 0.262 e. The van der Waals surface area contributed by atoms with Crippen LogP contribution >= 0.6 is 11.3 Å². The second-order valence-electron chi connectivity index (χ2n) is 7.44. The van der Waals surface area contributed by atoms with Crippen LogP contribution in [0.4, 0.5) is 5.69 Å². The molecule has 0 saturated carbocycles. The molecule has 0 fully saturated rings. The summed E-state index contributed by atoms with van der Waals surface area (Å²) in [7, 11) is 0. The first-order valence-corrected chi connectivity index (χ1v) is 10.5. The van der Waals surface area contributed by atoms with Crippen molar-refractivity contribution in [2.45, 2.75) is 33.6 Å². The van der Waals surface area contributed by atoms with Gasteiger partial charge in [-0.25, -0.2) is 0 Å². The lowest BCUT2D eigenvalue weighted by atomic mass is 10.0. The largest absolute Gasteiger partial charge is 0.484 e. The normalized spacial score (nSPS) is 11.2. The van der Waals surface area contributed by atoms with E-state index in [1.807, 2.05) is 56.3 Å². The summed E-state index contributed by atoms with van der Waals surface area (Å²) in [5.41, 5.74) is 3.91. The second kappa shape index (κ2) is 8.23. The standard InChI is InChI=1S/C22H23N5O2S/c1-13(2)16-5-8-18(9-6-16)29-12-20(28)23-19-10-7-17(11-14(19)3)21-26-27-15(4)24-25-22(27)30-21/h5-11,13H,12H2,1-4H3,(H,23,28). The molecule has 4 rings (SSSR count). The highest BCUT2D eigenvalue weighted by molar-refractivity contribution is 7.19. The van der Waals surface area contributed by atoms with Crippen molar-refractivity contribution >= 4 is 27.9 Å². The van der Waals surface area contributed by atoms with Crippen molar-refractivity contribution in [3.8, 4) is 16.3 Å². The second-order valence-corrected chi connectivity index (χ2v) is 8.40. The Morgan fingerprint density at radius 1 is 1.13 bits per heavy atom. The molecule has 0 bridgehead atoms. The number of anilines is 1. The number of carbonyl (C=O) groups is 1. The molecule has 0 radical (unpaired) electrons. The molecule has 2 aromatic heterocycles. The Morgan fingerprint density at radius 2 is 1.90 bits per heavy atom. The molecule has 0 unspecified atom stereocenters. The van der Waals surface area contributed by atoms with E-state index in [2.05, 4.69) is 34.5 Å². The predicted molar refractivity (Wildman–Crippen MR) is 118 cm³/mol. The zero-order chi connectivity index (χ0) is 21.3. The van der Waals surface area contributed by atoms with Gasteiger partial charge in [0, 0.05) is 11.3 Å². The number of aryl methyl sites for hydroxylation is 2. The first-order valence-electron chi connectivity index (χ1n) is 9.73. The third-order valence-electron chi connectivity index (χ3n) is 4.81. The molecule has 0 saturated heterocycles. The fourth-order valence-corrected chi connectivity index (χ4v) is 3.93. The maximum atomic E-state index is 12.3. The van der Waals surface area contributed by atoms with Crippen molar-refractivity contribution in [2.24, 2.45) is 0 Å². The van der Waals surface area contributed by atoms with Crippen LogP contribution in [0.1, 0.15) is 36.7 Å². The third kappa shape index (κ3) is 4.18. The zero-order valence-electron chi connectivity index (χ0n) is 17.3. The molecule has 154 valence electrons. The minimum absolute atomic E-state index is 0.0435. The van der Waals surface area contributed by atoms with E-state index < -0.39 is 0 Å². The number of rotatable bonds is 6. The molecule has 8 heteroatoms. The number of amides is 1. The van der Waals surface area contributed by atoms with Gasteiger partial charge in [-0.15, -0.1) is 10.2 Å². The summed E-state index contributed by atoms with van der Waals surface area (Å²) in [5, 5.41) is 16.4. The minimum atomic E-state index is -0.201. The number of nitrogens with one attached hydrogen (secondary N) is 1. The Labute approximate surface area is 178 Å². The molecule has 2 heterocycles. The Balaban J connectivity index is 1.39. The van der Waals surface area contributed by atoms with E-state index in [4.69, 9.17) is 4.74 Å². The van der Waals surface area contributed by atoms with Crippen molar-refractivity contribution in [1.82, 2.24) is 19.8 Å². The number of ether oxygens (including phenoxy) is 1. The summed E-state index contributed by atoms with van der Waals surface area (Å²) in [4.78, 5) is 13.1. The van der Waals surface area contributed by atoms with Gasteiger partial charge in [-0.05, 0) is 61.2 Å². The van der Waals surface area contributed by atoms with Crippen molar-refractivity contribution in [3.63, 3.8) is 0 Å². The fourth-order valence-electron chi connectivity index (χ4n) is 3.05. The maximum absolute atomic E-state index is 12.3. The van der Waals surface area contributed by atoms with Gasteiger partial charge in [0.15, 0.2) is 12.4 Å². The average molecular weight is 422 g/mol. The van der Waals surface area contributed by atoms with Crippen molar-refractivity contribution in [2.75, 3.05) is 11.9 Å². The van der Waals surface area contributed by atoms with E-state index in [9.17, 15) is 4.79 Å². The number of hydrogen-bond donors (Lipinski definition) is 1. The molecular weight excluding hydrogens is 398 g/mol. The number of benzene rings is 2. The minimum Gasteiger partial charge on any atom is -0.484 e. The molecule has 1 N–H and O–H groups in total. The van der Waals surface area contributed by atoms with Crippen LogP contribution in [0, 0.1) is 13.8 Å². The molecule has 0 aliphatic rings. The van der Waals surface area contributed by atoms with Crippen molar-refractivity contribution < 1.29 is 9.53 Å². The number of hydrogen-bond acceptors (Lipinski definition) is 6. The van der Waals surface area contributed by atoms with Crippen LogP contribution in [0.3, 0.4) is 0 Å². The molecule has 0 aliphatic heterocycles. The maximum Gasteiger partial charge on any atom is 0.262 e. The van der Waals surface area contributed by atoms with Gasteiger partial charge >= 0.3 is 0 Å². The lowest BCUT2D eigenvalue weighted by Crippen LogP contribution is -2.20. The Morgan fingerprint density at radius 3 is 2.57 bits per heavy atom. The zero-order valence-corrected chi connectivity index (χ0v) is 18.2. The van der Waals surface area contributed by atoms with Gasteiger partial charge in [0.1, 0.15) is 10.8 Å². The molecular formula is C22H23N5O2S.